The lowest BCUT2D eigenvalue weighted by molar-refractivity contribution is -0.162. The molecule has 2 aromatic rings. The molecule has 2 aromatic carbocycles. The number of aromatic carboxylic acids is 1. The van der Waals surface area contributed by atoms with E-state index in [2.05, 4.69) is 0 Å². The van der Waals surface area contributed by atoms with Crippen LogP contribution in [0.2, 0.25) is 0 Å². The summed E-state index contributed by atoms with van der Waals surface area (Å²) in [6.07, 6.45) is -0.514. The maximum atomic E-state index is 13.6. The fourth-order valence-corrected chi connectivity index (χ4v) is 6.50. The van der Waals surface area contributed by atoms with Gasteiger partial charge in [0.1, 0.15) is 39.3 Å². The van der Waals surface area contributed by atoms with E-state index in [1.807, 2.05) is 30.3 Å². The first kappa shape index (κ1) is 55.1. The van der Waals surface area contributed by atoms with Crippen LogP contribution in [0.4, 0.5) is 0 Å². The lowest BCUT2D eigenvalue weighted by Crippen LogP contribution is -2.47. The zero-order chi connectivity index (χ0) is 48.8. The second kappa shape index (κ2) is 23.3. The van der Waals surface area contributed by atoms with Gasteiger partial charge in [-0.2, -0.15) is 0 Å². The minimum Gasteiger partial charge on any atom is -0.492 e. The maximum absolute atomic E-state index is 13.6. The van der Waals surface area contributed by atoms with Crippen molar-refractivity contribution in [1.29, 1.82) is 0 Å². The molecule has 0 aliphatic heterocycles. The summed E-state index contributed by atoms with van der Waals surface area (Å²) in [6, 6.07) is 14.1. The van der Waals surface area contributed by atoms with E-state index < -0.39 is 75.7 Å². The molecule has 0 aliphatic rings. The number of carboxylic acid groups (broad SMARTS) is 1. The van der Waals surface area contributed by atoms with Gasteiger partial charge in [-0.3, -0.25) is 33.8 Å². The van der Waals surface area contributed by atoms with E-state index in [1.165, 1.54) is 6.07 Å². The zero-order valence-electron chi connectivity index (χ0n) is 40.9. The molecule has 0 aromatic heterocycles. The van der Waals surface area contributed by atoms with Crippen LogP contribution in [0.3, 0.4) is 0 Å². The highest BCUT2D eigenvalue weighted by Gasteiger charge is 2.34. The molecule has 0 radical (unpaired) electrons. The number of hydrogen-bond acceptors (Lipinski definition) is 14. The third-order valence-corrected chi connectivity index (χ3v) is 8.68. The molecule has 358 valence electrons. The Labute approximate surface area is 380 Å². The van der Waals surface area contributed by atoms with Gasteiger partial charge in [0.05, 0.1) is 26.2 Å². The molecule has 0 aliphatic carbocycles. The van der Waals surface area contributed by atoms with Gasteiger partial charge >= 0.3 is 35.8 Å². The van der Waals surface area contributed by atoms with Crippen LogP contribution in [0.25, 0.3) is 11.1 Å². The second-order valence-corrected chi connectivity index (χ2v) is 21.0. The van der Waals surface area contributed by atoms with E-state index in [4.69, 9.17) is 28.4 Å². The number of carbonyl (C=O) groups is 6. The van der Waals surface area contributed by atoms with Crippen molar-refractivity contribution in [3.63, 3.8) is 0 Å². The SMILES string of the molecule is CC(C)(C)OC(=O)CC(CC(=O)OC(C)(C)C)[C@@H](COc1ccc(-c2ccccc2)cc1C(=O)O)CN(CCN(CC(=O)OC(C)(C)C)CC(=O)OC(C)(C)C)CC(=O)OC(C)(C)C. The van der Waals surface area contributed by atoms with Crippen LogP contribution in [-0.4, -0.2) is 125 Å². The Kier molecular flexibility index (Phi) is 20.0. The molecule has 0 saturated carbocycles. The summed E-state index contributed by atoms with van der Waals surface area (Å²) < 4.78 is 34.7. The summed E-state index contributed by atoms with van der Waals surface area (Å²) in [4.78, 5) is 83.0. The predicted molar refractivity (Wildman–Crippen MR) is 243 cm³/mol. The van der Waals surface area contributed by atoms with Crippen molar-refractivity contribution in [1.82, 2.24) is 9.80 Å². The largest absolute Gasteiger partial charge is 0.492 e. The molecule has 0 fully saturated rings. The fourth-order valence-electron chi connectivity index (χ4n) is 6.50. The predicted octanol–water partition coefficient (Wildman–Crippen LogP) is 7.76. The van der Waals surface area contributed by atoms with Gasteiger partial charge in [0.2, 0.25) is 0 Å². The van der Waals surface area contributed by atoms with E-state index in [0.717, 1.165) is 5.56 Å². The Hall–Kier alpha value is -5.02. The first-order valence-corrected chi connectivity index (χ1v) is 21.8. The van der Waals surface area contributed by atoms with Crippen LogP contribution in [0.5, 0.6) is 5.75 Å². The third kappa shape index (κ3) is 23.6. The summed E-state index contributed by atoms with van der Waals surface area (Å²) >= 11 is 0. The number of nitrogens with zero attached hydrogens (tertiary/aromatic N) is 2. The monoisotopic (exact) mass is 899 g/mol. The lowest BCUT2D eigenvalue weighted by atomic mass is 9.86. The number of carbonyl (C=O) groups excluding carboxylic acids is 5. The van der Waals surface area contributed by atoms with Crippen LogP contribution in [0.15, 0.2) is 48.5 Å². The van der Waals surface area contributed by atoms with Crippen LogP contribution in [-0.2, 0) is 47.7 Å². The maximum Gasteiger partial charge on any atom is 0.339 e. The highest BCUT2D eigenvalue weighted by molar-refractivity contribution is 5.92. The molecule has 15 nitrogen and oxygen atoms in total. The van der Waals surface area contributed by atoms with Gasteiger partial charge in [0.15, 0.2) is 0 Å². The molecular formula is C49H74N2O13. The number of benzene rings is 2. The van der Waals surface area contributed by atoms with Crippen LogP contribution >= 0.6 is 0 Å². The van der Waals surface area contributed by atoms with Crippen molar-refractivity contribution in [3.05, 3.63) is 54.1 Å². The van der Waals surface area contributed by atoms with E-state index >= 15 is 0 Å². The quantitative estimate of drug-likeness (QED) is 0.0947. The smallest absolute Gasteiger partial charge is 0.339 e. The summed E-state index contributed by atoms with van der Waals surface area (Å²) in [5, 5.41) is 10.3. The number of rotatable bonds is 21. The Morgan fingerprint density at radius 2 is 0.891 bits per heavy atom. The van der Waals surface area contributed by atoms with Crippen molar-refractivity contribution < 1.29 is 62.3 Å². The van der Waals surface area contributed by atoms with Crippen molar-refractivity contribution in [3.8, 4) is 16.9 Å². The summed E-state index contributed by atoms with van der Waals surface area (Å²) in [5.41, 5.74) is -2.82. The minimum atomic E-state index is -1.23. The Morgan fingerprint density at radius 3 is 1.30 bits per heavy atom. The second-order valence-electron chi connectivity index (χ2n) is 21.0. The van der Waals surface area contributed by atoms with Gasteiger partial charge in [-0.25, -0.2) is 4.79 Å². The van der Waals surface area contributed by atoms with Gasteiger partial charge < -0.3 is 33.5 Å². The standard InChI is InChI=1S/C49H74N2O13/c1-45(2,3)60-39(52)26-35(27-40(53)61-46(4,5)6)36(32-59-38-22-21-34(25-37(38)44(57)58)33-19-17-16-18-20-33)28-50(29-41(54)62-47(7,8)9)23-24-51(30-42(55)63-48(10,11)12)31-43(56)64-49(13,14)15/h16-22,25,35-36H,23-24,26-32H2,1-15H3,(H,57,58)/t36-/m1/s1. The van der Waals surface area contributed by atoms with Crippen molar-refractivity contribution in [2.75, 3.05) is 45.9 Å². The molecule has 1 atom stereocenters. The van der Waals surface area contributed by atoms with Crippen molar-refractivity contribution in [2.24, 2.45) is 11.8 Å². The van der Waals surface area contributed by atoms with E-state index in [0.29, 0.717) is 5.56 Å². The zero-order valence-corrected chi connectivity index (χ0v) is 40.9. The Balaban J connectivity index is 2.73. The average molecular weight is 899 g/mol. The van der Waals surface area contributed by atoms with E-state index in [-0.39, 0.29) is 70.0 Å². The van der Waals surface area contributed by atoms with Crippen LogP contribution in [0, 0.1) is 11.8 Å². The number of esters is 5. The van der Waals surface area contributed by atoms with Gasteiger partial charge in [-0.15, -0.1) is 0 Å². The van der Waals surface area contributed by atoms with Crippen LogP contribution < -0.4 is 4.74 Å². The molecule has 64 heavy (non-hydrogen) atoms. The molecule has 0 amide bonds. The van der Waals surface area contributed by atoms with Crippen molar-refractivity contribution in [2.45, 2.75) is 145 Å². The molecule has 0 unspecified atom stereocenters. The topological polar surface area (TPSA) is 185 Å². The van der Waals surface area contributed by atoms with Gasteiger partial charge in [0.25, 0.3) is 0 Å². The fraction of sp³-hybridized carbons (Fsp3) is 0.633. The molecular weight excluding hydrogens is 825 g/mol. The number of carboxylic acids is 1. The number of ether oxygens (including phenoxy) is 6. The molecule has 0 saturated heterocycles. The first-order valence-electron chi connectivity index (χ1n) is 21.8. The molecule has 0 spiro atoms. The minimum absolute atomic E-state index is 0.00722. The van der Waals surface area contributed by atoms with Crippen LogP contribution in [0.1, 0.15) is 127 Å². The molecule has 0 heterocycles. The summed E-state index contributed by atoms with van der Waals surface area (Å²) in [6.45, 7) is 25.0. The lowest BCUT2D eigenvalue weighted by Gasteiger charge is -2.34. The highest BCUT2D eigenvalue weighted by atomic mass is 16.6. The molecule has 0 bridgehead atoms. The van der Waals surface area contributed by atoms with E-state index in [1.54, 1.807) is 126 Å². The average Bonchev–Trinajstić information content (AvgIpc) is 3.08. The van der Waals surface area contributed by atoms with Gasteiger partial charge in [-0.1, -0.05) is 36.4 Å². The first-order chi connectivity index (χ1) is 29.2. The van der Waals surface area contributed by atoms with Gasteiger partial charge in [0, 0.05) is 38.4 Å². The van der Waals surface area contributed by atoms with E-state index in [9.17, 15) is 33.9 Å². The Bertz CT molecular complexity index is 1820. The summed E-state index contributed by atoms with van der Waals surface area (Å²) in [7, 11) is 0. The highest BCUT2D eigenvalue weighted by Crippen LogP contribution is 2.31. The molecule has 2 rings (SSSR count). The normalized spacial score (nSPS) is 13.0. The number of hydrogen-bond donors (Lipinski definition) is 1. The molecule has 15 heteroatoms. The third-order valence-electron chi connectivity index (χ3n) is 8.68. The van der Waals surface area contributed by atoms with Gasteiger partial charge in [-0.05, 0) is 133 Å². The summed E-state index contributed by atoms with van der Waals surface area (Å²) in [5.74, 6) is -5.70. The Morgan fingerprint density at radius 1 is 0.500 bits per heavy atom. The molecule has 1 N–H and O–H groups in total. The van der Waals surface area contributed by atoms with Crippen molar-refractivity contribution >= 4 is 35.8 Å².